The van der Waals surface area contributed by atoms with Gasteiger partial charge in [0.25, 0.3) is 0 Å². The Morgan fingerprint density at radius 1 is 1.15 bits per heavy atom. The summed E-state index contributed by atoms with van der Waals surface area (Å²) in [5.41, 5.74) is 6.32. The lowest BCUT2D eigenvalue weighted by atomic mass is 10.0. The smallest absolute Gasteiger partial charge is 0.433 e. The Hall–Kier alpha value is -3.51. The normalized spacial score (nSPS) is 16.6. The second-order valence-electron chi connectivity index (χ2n) is 10.0. The second kappa shape index (κ2) is 11.3. The van der Waals surface area contributed by atoms with Crippen LogP contribution in [0.4, 0.5) is 24.1 Å². The van der Waals surface area contributed by atoms with Gasteiger partial charge in [-0.25, -0.2) is 19.9 Å². The summed E-state index contributed by atoms with van der Waals surface area (Å²) in [5, 5.41) is 3.63. The molecular weight excluding hydrogens is 527 g/mol. The number of rotatable bonds is 8. The first kappa shape index (κ1) is 27.1. The molecule has 4 heterocycles. The summed E-state index contributed by atoms with van der Waals surface area (Å²) in [6, 6.07) is 9.61. The van der Waals surface area contributed by atoms with Crippen molar-refractivity contribution < 1.29 is 17.9 Å². The molecule has 0 radical (unpaired) electrons. The zero-order valence-corrected chi connectivity index (χ0v) is 22.5. The molecule has 4 aromatic rings. The molecule has 1 aliphatic heterocycles. The molecule has 5 rings (SSSR count). The number of halogens is 3. The first-order chi connectivity index (χ1) is 18.7. The zero-order valence-electron chi connectivity index (χ0n) is 21.7. The molecule has 39 heavy (non-hydrogen) atoms. The van der Waals surface area contributed by atoms with Gasteiger partial charge in [0.05, 0.1) is 10.4 Å². The van der Waals surface area contributed by atoms with Crippen molar-refractivity contribution in [2.45, 2.75) is 45.3 Å². The van der Waals surface area contributed by atoms with Gasteiger partial charge in [0, 0.05) is 30.8 Å². The van der Waals surface area contributed by atoms with Gasteiger partial charge in [-0.05, 0) is 49.6 Å². The number of aromatic nitrogens is 4. The molecule has 1 fully saturated rings. The highest BCUT2D eigenvalue weighted by atomic mass is 32.1. The minimum Gasteiger partial charge on any atom is -0.437 e. The minimum absolute atomic E-state index is 0.124. The van der Waals surface area contributed by atoms with Crippen LogP contribution in [0.25, 0.3) is 21.5 Å². The molecular formula is C27H30F3N7OS. The fraction of sp³-hybridized carbons (Fsp3) is 0.407. The molecule has 0 saturated carbocycles. The highest BCUT2D eigenvalue weighted by Gasteiger charge is 2.33. The standard InChI is InChI=1S/C27H30F3N7OS/c1-16(2)14-37-11-4-3-6-17(37)13-32-25-18(9-10-22(35-25)27(28,29)30)19-12-23(34-15-33-19)38-20-7-5-8-21-24(20)36-26(31)39-21/h5,7-10,12,15-17H,3-4,6,11,13-14H2,1-2H3,(H2,31,36)(H,32,35). The van der Waals surface area contributed by atoms with Crippen molar-refractivity contribution in [2.24, 2.45) is 5.92 Å². The van der Waals surface area contributed by atoms with Crippen molar-refractivity contribution in [2.75, 3.05) is 30.7 Å². The number of alkyl halides is 3. The number of piperidine rings is 1. The summed E-state index contributed by atoms with van der Waals surface area (Å²) in [6.45, 7) is 6.75. The highest BCUT2D eigenvalue weighted by molar-refractivity contribution is 7.22. The van der Waals surface area contributed by atoms with Crippen LogP contribution in [-0.2, 0) is 6.18 Å². The number of nitrogens with one attached hydrogen (secondary N) is 1. The molecule has 1 aromatic carbocycles. The van der Waals surface area contributed by atoms with E-state index in [-0.39, 0.29) is 17.7 Å². The highest BCUT2D eigenvalue weighted by Crippen LogP contribution is 2.36. The fourth-order valence-corrected chi connectivity index (χ4v) is 5.60. The van der Waals surface area contributed by atoms with Crippen LogP contribution in [0, 0.1) is 5.92 Å². The van der Waals surface area contributed by atoms with Crippen molar-refractivity contribution in [3.05, 3.63) is 48.4 Å². The fourth-order valence-electron chi connectivity index (χ4n) is 4.85. The van der Waals surface area contributed by atoms with Crippen LogP contribution in [-0.4, -0.2) is 50.5 Å². The average Bonchev–Trinajstić information content (AvgIpc) is 3.28. The number of hydrogen-bond donors (Lipinski definition) is 2. The Labute approximate surface area is 228 Å². The number of thiazole rings is 1. The number of nitrogens with zero attached hydrogens (tertiary/aromatic N) is 5. The molecule has 0 bridgehead atoms. The van der Waals surface area contributed by atoms with Gasteiger partial charge in [-0.3, -0.25) is 4.90 Å². The monoisotopic (exact) mass is 557 g/mol. The predicted molar refractivity (Wildman–Crippen MR) is 147 cm³/mol. The van der Waals surface area contributed by atoms with Crippen LogP contribution in [0.3, 0.4) is 0 Å². The first-order valence-corrected chi connectivity index (χ1v) is 13.7. The number of fused-ring (bicyclic) bond motifs is 1. The number of likely N-dealkylation sites (tertiary alicyclic amines) is 1. The SMILES string of the molecule is CC(C)CN1CCCCC1CNc1nc(C(F)(F)F)ccc1-c1cc(Oc2cccc3sc(N)nc23)ncn1. The summed E-state index contributed by atoms with van der Waals surface area (Å²) in [6.07, 6.45) is -0.0636. The largest absolute Gasteiger partial charge is 0.437 e. The zero-order chi connectivity index (χ0) is 27.6. The van der Waals surface area contributed by atoms with Crippen molar-refractivity contribution >= 4 is 32.5 Å². The van der Waals surface area contributed by atoms with Crippen LogP contribution >= 0.6 is 11.3 Å². The van der Waals surface area contributed by atoms with E-state index in [2.05, 4.69) is 44.0 Å². The first-order valence-electron chi connectivity index (χ1n) is 12.9. The van der Waals surface area contributed by atoms with Gasteiger partial charge in [-0.15, -0.1) is 0 Å². The molecule has 3 N–H and O–H groups in total. The Kier molecular flexibility index (Phi) is 7.85. The number of anilines is 2. The summed E-state index contributed by atoms with van der Waals surface area (Å²) >= 11 is 1.34. The van der Waals surface area contributed by atoms with E-state index in [1.165, 1.54) is 23.7 Å². The van der Waals surface area contributed by atoms with Gasteiger partial charge < -0.3 is 15.8 Å². The number of nitrogen functional groups attached to an aromatic ring is 1. The van der Waals surface area contributed by atoms with Gasteiger partial charge in [-0.1, -0.05) is 37.7 Å². The lowest BCUT2D eigenvalue weighted by Gasteiger charge is -2.37. The molecule has 0 amide bonds. The Morgan fingerprint density at radius 2 is 2.00 bits per heavy atom. The van der Waals surface area contributed by atoms with Crippen molar-refractivity contribution in [1.82, 2.24) is 24.8 Å². The number of nitrogens with two attached hydrogens (primary N) is 1. The van der Waals surface area contributed by atoms with E-state index < -0.39 is 11.9 Å². The topological polar surface area (TPSA) is 102 Å². The quantitative estimate of drug-likeness (QED) is 0.254. The van der Waals surface area contributed by atoms with Gasteiger partial charge in [0.1, 0.15) is 23.4 Å². The maximum Gasteiger partial charge on any atom is 0.433 e. The van der Waals surface area contributed by atoms with Crippen molar-refractivity contribution in [3.63, 3.8) is 0 Å². The second-order valence-corrected chi connectivity index (χ2v) is 11.1. The van der Waals surface area contributed by atoms with E-state index in [0.29, 0.717) is 40.1 Å². The van der Waals surface area contributed by atoms with E-state index in [9.17, 15) is 13.2 Å². The van der Waals surface area contributed by atoms with Gasteiger partial charge in [0.15, 0.2) is 10.9 Å². The lowest BCUT2D eigenvalue weighted by Crippen LogP contribution is -2.45. The van der Waals surface area contributed by atoms with Crippen LogP contribution in [0.1, 0.15) is 38.8 Å². The van der Waals surface area contributed by atoms with E-state index in [1.807, 2.05) is 12.1 Å². The molecule has 1 atom stereocenters. The Balaban J connectivity index is 1.44. The van der Waals surface area contributed by atoms with Crippen LogP contribution in [0.5, 0.6) is 11.6 Å². The Bertz CT molecular complexity index is 1440. The molecule has 8 nitrogen and oxygen atoms in total. The van der Waals surface area contributed by atoms with Crippen molar-refractivity contribution in [3.8, 4) is 22.9 Å². The van der Waals surface area contributed by atoms with E-state index >= 15 is 0 Å². The molecule has 1 saturated heterocycles. The number of para-hydroxylation sites is 1. The third-order valence-electron chi connectivity index (χ3n) is 6.57. The number of ether oxygens (including phenoxy) is 1. The minimum atomic E-state index is -4.57. The van der Waals surface area contributed by atoms with E-state index in [0.717, 1.165) is 43.1 Å². The third-order valence-corrected chi connectivity index (χ3v) is 7.42. The van der Waals surface area contributed by atoms with Crippen LogP contribution in [0.2, 0.25) is 0 Å². The molecule has 0 aliphatic carbocycles. The molecule has 3 aromatic heterocycles. The number of hydrogen-bond acceptors (Lipinski definition) is 9. The molecule has 0 spiro atoms. The number of benzene rings is 1. The average molecular weight is 558 g/mol. The molecule has 1 aliphatic rings. The predicted octanol–water partition coefficient (Wildman–Crippen LogP) is 6.46. The van der Waals surface area contributed by atoms with Gasteiger partial charge >= 0.3 is 6.18 Å². The van der Waals surface area contributed by atoms with E-state index in [4.69, 9.17) is 10.5 Å². The third kappa shape index (κ3) is 6.39. The van der Waals surface area contributed by atoms with Gasteiger partial charge in [-0.2, -0.15) is 13.2 Å². The molecule has 12 heteroatoms. The summed E-state index contributed by atoms with van der Waals surface area (Å²) in [7, 11) is 0. The molecule has 1 unspecified atom stereocenters. The maximum atomic E-state index is 13.6. The summed E-state index contributed by atoms with van der Waals surface area (Å²) in [5.74, 6) is 1.31. The summed E-state index contributed by atoms with van der Waals surface area (Å²) in [4.78, 5) is 19.2. The Morgan fingerprint density at radius 3 is 2.79 bits per heavy atom. The summed E-state index contributed by atoms with van der Waals surface area (Å²) < 4.78 is 47.6. The van der Waals surface area contributed by atoms with Crippen LogP contribution < -0.4 is 15.8 Å². The van der Waals surface area contributed by atoms with Crippen LogP contribution in [0.15, 0.2) is 42.7 Å². The maximum absolute atomic E-state index is 13.6. The van der Waals surface area contributed by atoms with Gasteiger partial charge in [0.2, 0.25) is 5.88 Å². The molecule has 206 valence electrons. The lowest BCUT2D eigenvalue weighted by molar-refractivity contribution is -0.141. The van der Waals surface area contributed by atoms with Crippen molar-refractivity contribution in [1.29, 1.82) is 0 Å². The number of pyridine rings is 1. The van der Waals surface area contributed by atoms with E-state index in [1.54, 1.807) is 12.1 Å².